The molecule has 1 aromatic carbocycles. The summed E-state index contributed by atoms with van der Waals surface area (Å²) in [4.78, 5) is 28.0. The summed E-state index contributed by atoms with van der Waals surface area (Å²) in [6, 6.07) is 12.0. The molecule has 4 rings (SSSR count). The smallest absolute Gasteiger partial charge is 0.242 e. The van der Waals surface area contributed by atoms with Crippen LogP contribution in [0.3, 0.4) is 0 Å². The summed E-state index contributed by atoms with van der Waals surface area (Å²) in [6.45, 7) is 6.94. The van der Waals surface area contributed by atoms with E-state index in [1.807, 2.05) is 29.2 Å². The van der Waals surface area contributed by atoms with E-state index in [0.717, 1.165) is 44.4 Å². The Morgan fingerprint density at radius 3 is 2.31 bits per heavy atom. The van der Waals surface area contributed by atoms with Crippen LogP contribution in [0.4, 0.5) is 11.6 Å². The minimum atomic E-state index is 0.229. The maximum Gasteiger partial charge on any atom is 0.242 e. The number of hydrogen-bond donors (Lipinski definition) is 0. The second-order valence-electron chi connectivity index (χ2n) is 7.12. The van der Waals surface area contributed by atoms with Crippen LogP contribution in [0.1, 0.15) is 6.92 Å². The molecule has 2 aromatic rings. The molecule has 26 heavy (non-hydrogen) atoms. The molecule has 2 fully saturated rings. The Bertz CT molecular complexity index is 724. The van der Waals surface area contributed by atoms with Crippen LogP contribution in [-0.4, -0.2) is 60.0 Å². The van der Waals surface area contributed by atoms with Crippen molar-refractivity contribution in [2.24, 2.45) is 11.8 Å². The van der Waals surface area contributed by atoms with Crippen molar-refractivity contribution in [2.45, 2.75) is 6.92 Å². The predicted molar refractivity (Wildman–Crippen MR) is 102 cm³/mol. The Morgan fingerprint density at radius 1 is 1.04 bits per heavy atom. The maximum atomic E-state index is 12.8. The highest BCUT2D eigenvalue weighted by molar-refractivity contribution is 5.82. The highest BCUT2D eigenvalue weighted by Gasteiger charge is 2.42. The molecule has 0 N–H and O–H groups in total. The number of likely N-dealkylation sites (tertiary alicyclic amines) is 1. The second-order valence-corrected chi connectivity index (χ2v) is 7.12. The molecule has 0 saturated carbocycles. The summed E-state index contributed by atoms with van der Waals surface area (Å²) in [5.74, 6) is 2.08. The zero-order valence-electron chi connectivity index (χ0n) is 15.2. The van der Waals surface area contributed by atoms with E-state index in [9.17, 15) is 4.79 Å². The summed E-state index contributed by atoms with van der Waals surface area (Å²) < 4.78 is 0. The van der Waals surface area contributed by atoms with E-state index >= 15 is 0 Å². The van der Waals surface area contributed by atoms with Gasteiger partial charge in [0.15, 0.2) is 0 Å². The van der Waals surface area contributed by atoms with E-state index in [-0.39, 0.29) is 5.91 Å². The number of fused-ring (bicyclic) bond motifs is 1. The lowest BCUT2D eigenvalue weighted by Gasteiger charge is -2.27. The van der Waals surface area contributed by atoms with E-state index < -0.39 is 0 Å². The first-order valence-corrected chi connectivity index (χ1v) is 9.34. The molecule has 2 atom stereocenters. The van der Waals surface area contributed by atoms with Gasteiger partial charge in [0.25, 0.3) is 0 Å². The number of carbonyl (C=O) groups is 1. The monoisotopic (exact) mass is 351 g/mol. The molecule has 2 aliphatic heterocycles. The lowest BCUT2D eigenvalue weighted by Crippen LogP contribution is -2.41. The lowest BCUT2D eigenvalue weighted by molar-refractivity contribution is -0.128. The Morgan fingerprint density at radius 2 is 1.69 bits per heavy atom. The van der Waals surface area contributed by atoms with Crippen molar-refractivity contribution in [3.63, 3.8) is 0 Å². The van der Waals surface area contributed by atoms with Gasteiger partial charge in [-0.05, 0) is 25.1 Å². The van der Waals surface area contributed by atoms with Gasteiger partial charge in [0.2, 0.25) is 11.9 Å². The standard InChI is InChI=1S/C20H25N5O/c1-2-23(18-7-4-3-5-8-18)15-19(26)24-11-16-13-25(14-17(16)12-24)20-21-9-6-10-22-20/h3-10,16-17H,2,11-15H2,1H3/t16-,17+. The van der Waals surface area contributed by atoms with Crippen LogP contribution >= 0.6 is 0 Å². The SMILES string of the molecule is CCN(CC(=O)N1C[C@@H]2CN(c3ncccn3)C[C@@H]2C1)c1ccccc1. The van der Waals surface area contributed by atoms with Crippen LogP contribution in [0, 0.1) is 11.8 Å². The van der Waals surface area contributed by atoms with Gasteiger partial charge >= 0.3 is 0 Å². The van der Waals surface area contributed by atoms with Gasteiger partial charge in [-0.3, -0.25) is 4.79 Å². The number of rotatable bonds is 5. The average Bonchev–Trinajstić information content (AvgIpc) is 3.27. The van der Waals surface area contributed by atoms with Gasteiger partial charge in [-0.2, -0.15) is 0 Å². The second kappa shape index (κ2) is 7.32. The lowest BCUT2D eigenvalue weighted by atomic mass is 10.0. The molecule has 0 aliphatic carbocycles. The number of aromatic nitrogens is 2. The third-order valence-corrected chi connectivity index (χ3v) is 5.50. The first-order valence-electron chi connectivity index (χ1n) is 9.34. The fraction of sp³-hybridized carbons (Fsp3) is 0.450. The maximum absolute atomic E-state index is 12.8. The van der Waals surface area contributed by atoms with Crippen LogP contribution in [-0.2, 0) is 4.79 Å². The fourth-order valence-corrected chi connectivity index (χ4v) is 4.10. The number of carbonyl (C=O) groups excluding carboxylic acids is 1. The molecule has 1 aromatic heterocycles. The van der Waals surface area contributed by atoms with Crippen LogP contribution < -0.4 is 9.80 Å². The quantitative estimate of drug-likeness (QED) is 0.823. The molecule has 0 unspecified atom stereocenters. The summed E-state index contributed by atoms with van der Waals surface area (Å²) >= 11 is 0. The molecule has 0 spiro atoms. The highest BCUT2D eigenvalue weighted by atomic mass is 16.2. The number of benzene rings is 1. The molecule has 136 valence electrons. The van der Waals surface area contributed by atoms with Gasteiger partial charge in [-0.25, -0.2) is 9.97 Å². The van der Waals surface area contributed by atoms with Crippen LogP contribution in [0.5, 0.6) is 0 Å². The molecule has 2 aliphatic rings. The molecule has 0 radical (unpaired) electrons. The summed E-state index contributed by atoms with van der Waals surface area (Å²) in [5.41, 5.74) is 1.11. The minimum Gasteiger partial charge on any atom is -0.362 e. The molecule has 3 heterocycles. The molecule has 2 saturated heterocycles. The van der Waals surface area contributed by atoms with E-state index in [1.54, 1.807) is 12.4 Å². The Labute approximate surface area is 154 Å². The minimum absolute atomic E-state index is 0.229. The van der Waals surface area contributed by atoms with Crippen molar-refractivity contribution in [1.29, 1.82) is 0 Å². The van der Waals surface area contributed by atoms with E-state index in [2.05, 4.69) is 38.8 Å². The van der Waals surface area contributed by atoms with Gasteiger partial charge in [-0.15, -0.1) is 0 Å². The van der Waals surface area contributed by atoms with Crippen LogP contribution in [0.25, 0.3) is 0 Å². The van der Waals surface area contributed by atoms with E-state index in [0.29, 0.717) is 18.4 Å². The third kappa shape index (κ3) is 3.36. The van der Waals surface area contributed by atoms with Gasteiger partial charge in [0, 0.05) is 62.6 Å². The van der Waals surface area contributed by atoms with Crippen molar-refractivity contribution < 1.29 is 4.79 Å². The van der Waals surface area contributed by atoms with Crippen molar-refractivity contribution in [2.75, 3.05) is 49.1 Å². The first kappa shape index (κ1) is 16.8. The summed E-state index contributed by atoms with van der Waals surface area (Å²) in [6.07, 6.45) is 3.57. The predicted octanol–water partition coefficient (Wildman–Crippen LogP) is 1.90. The van der Waals surface area contributed by atoms with Crippen LogP contribution in [0.2, 0.25) is 0 Å². The summed E-state index contributed by atoms with van der Waals surface area (Å²) in [5, 5.41) is 0. The number of amides is 1. The zero-order chi connectivity index (χ0) is 17.9. The van der Waals surface area contributed by atoms with Crippen molar-refractivity contribution in [1.82, 2.24) is 14.9 Å². The van der Waals surface area contributed by atoms with Crippen molar-refractivity contribution in [3.05, 3.63) is 48.8 Å². The largest absolute Gasteiger partial charge is 0.362 e. The Hall–Kier alpha value is -2.63. The third-order valence-electron chi connectivity index (χ3n) is 5.50. The highest BCUT2D eigenvalue weighted by Crippen LogP contribution is 2.32. The van der Waals surface area contributed by atoms with Crippen molar-refractivity contribution >= 4 is 17.5 Å². The average molecular weight is 351 g/mol. The molecular formula is C20H25N5O. The summed E-state index contributed by atoms with van der Waals surface area (Å²) in [7, 11) is 0. The van der Waals surface area contributed by atoms with Gasteiger partial charge in [-0.1, -0.05) is 18.2 Å². The van der Waals surface area contributed by atoms with Crippen LogP contribution in [0.15, 0.2) is 48.8 Å². The molecule has 1 amide bonds. The molecule has 6 nitrogen and oxygen atoms in total. The van der Waals surface area contributed by atoms with E-state index in [4.69, 9.17) is 0 Å². The Balaban J connectivity index is 1.34. The number of para-hydroxylation sites is 1. The topological polar surface area (TPSA) is 52.6 Å². The fourth-order valence-electron chi connectivity index (χ4n) is 4.10. The Kier molecular flexibility index (Phi) is 4.73. The van der Waals surface area contributed by atoms with Gasteiger partial charge in [0.05, 0.1) is 6.54 Å². The zero-order valence-corrected chi connectivity index (χ0v) is 15.2. The number of anilines is 2. The van der Waals surface area contributed by atoms with E-state index in [1.165, 1.54) is 0 Å². The molecule has 0 bridgehead atoms. The number of nitrogens with zero attached hydrogens (tertiary/aromatic N) is 5. The number of hydrogen-bond acceptors (Lipinski definition) is 5. The molecular weight excluding hydrogens is 326 g/mol. The van der Waals surface area contributed by atoms with Crippen molar-refractivity contribution in [3.8, 4) is 0 Å². The normalized spacial score (nSPS) is 21.7. The number of likely N-dealkylation sites (N-methyl/N-ethyl adjacent to an activating group) is 1. The van der Waals surface area contributed by atoms with Gasteiger partial charge in [0.1, 0.15) is 0 Å². The molecule has 6 heteroatoms. The van der Waals surface area contributed by atoms with Gasteiger partial charge < -0.3 is 14.7 Å². The first-order chi connectivity index (χ1) is 12.7.